The molecule has 1 aromatic heterocycles. The van der Waals surface area contributed by atoms with Crippen molar-refractivity contribution in [2.24, 2.45) is 0 Å². The van der Waals surface area contributed by atoms with Crippen molar-refractivity contribution < 1.29 is 9.53 Å². The summed E-state index contributed by atoms with van der Waals surface area (Å²) in [5, 5.41) is 2.73. The molecule has 20 heavy (non-hydrogen) atoms. The van der Waals surface area contributed by atoms with Gasteiger partial charge in [-0.25, -0.2) is 4.98 Å². The minimum absolute atomic E-state index is 0.0469. The molecular formula is C14H12BrIN2O2. The number of nitrogens with zero attached hydrogens (tertiary/aromatic N) is 1. The summed E-state index contributed by atoms with van der Waals surface area (Å²) in [4.78, 5) is 16.0. The second-order valence-electron chi connectivity index (χ2n) is 4.11. The number of carbonyl (C=O) groups is 1. The summed E-state index contributed by atoms with van der Waals surface area (Å²) in [5.74, 6) is 0.982. The number of hydrogen-bond acceptors (Lipinski definition) is 3. The average molecular weight is 447 g/mol. The fourth-order valence-corrected chi connectivity index (χ4v) is 2.39. The molecule has 0 bridgehead atoms. The number of ether oxygens (including phenoxy) is 1. The molecule has 0 aliphatic heterocycles. The fourth-order valence-electron chi connectivity index (χ4n) is 1.52. The normalized spacial score (nSPS) is 10.2. The molecule has 0 fully saturated rings. The van der Waals surface area contributed by atoms with Crippen LogP contribution in [0.1, 0.15) is 5.56 Å². The number of halogens is 2. The quantitative estimate of drug-likeness (QED) is 0.727. The van der Waals surface area contributed by atoms with Gasteiger partial charge < -0.3 is 10.1 Å². The first kappa shape index (κ1) is 15.2. The highest BCUT2D eigenvalue weighted by Crippen LogP contribution is 2.17. The molecule has 1 N–H and O–H groups in total. The molecule has 0 saturated heterocycles. The van der Waals surface area contributed by atoms with Gasteiger partial charge in [-0.2, -0.15) is 0 Å². The predicted molar refractivity (Wildman–Crippen MR) is 90.0 cm³/mol. The molecule has 2 rings (SSSR count). The number of anilines is 1. The van der Waals surface area contributed by atoms with Crippen LogP contribution in [0.25, 0.3) is 0 Å². The van der Waals surface area contributed by atoms with Gasteiger partial charge in [-0.15, -0.1) is 0 Å². The van der Waals surface area contributed by atoms with E-state index < -0.39 is 0 Å². The summed E-state index contributed by atoms with van der Waals surface area (Å²) in [6.07, 6.45) is 1.71. The van der Waals surface area contributed by atoms with Crippen molar-refractivity contribution in [1.29, 1.82) is 0 Å². The highest BCUT2D eigenvalue weighted by Gasteiger charge is 2.07. The van der Waals surface area contributed by atoms with Gasteiger partial charge in [0.1, 0.15) is 11.6 Å². The highest BCUT2D eigenvalue weighted by molar-refractivity contribution is 14.1. The number of pyridine rings is 1. The van der Waals surface area contributed by atoms with Crippen LogP contribution in [0.3, 0.4) is 0 Å². The van der Waals surface area contributed by atoms with Gasteiger partial charge in [-0.05, 0) is 65.4 Å². The third-order valence-electron chi connectivity index (χ3n) is 2.49. The van der Waals surface area contributed by atoms with Crippen LogP contribution in [0.5, 0.6) is 5.75 Å². The average Bonchev–Trinajstić information content (AvgIpc) is 2.41. The summed E-state index contributed by atoms with van der Waals surface area (Å²) in [5.41, 5.74) is 0.925. The highest BCUT2D eigenvalue weighted by atomic mass is 127. The Hall–Kier alpha value is -1.15. The second-order valence-corrected chi connectivity index (χ2v) is 6.27. The number of aryl methyl sites for hydroxylation is 1. The van der Waals surface area contributed by atoms with E-state index in [4.69, 9.17) is 4.74 Å². The van der Waals surface area contributed by atoms with Crippen LogP contribution in [0.2, 0.25) is 0 Å². The first-order chi connectivity index (χ1) is 9.54. The number of amides is 1. The van der Waals surface area contributed by atoms with Crippen LogP contribution in [0.15, 0.2) is 41.0 Å². The molecule has 0 spiro atoms. The number of rotatable bonds is 4. The van der Waals surface area contributed by atoms with Gasteiger partial charge >= 0.3 is 0 Å². The lowest BCUT2D eigenvalue weighted by Gasteiger charge is -2.09. The Morgan fingerprint density at radius 3 is 2.75 bits per heavy atom. The maximum atomic E-state index is 11.8. The van der Waals surface area contributed by atoms with Crippen molar-refractivity contribution in [3.8, 4) is 5.75 Å². The van der Waals surface area contributed by atoms with Crippen LogP contribution in [0.4, 0.5) is 5.82 Å². The summed E-state index contributed by atoms with van der Waals surface area (Å²) >= 11 is 5.52. The number of benzene rings is 1. The molecule has 0 aliphatic carbocycles. The smallest absolute Gasteiger partial charge is 0.263 e. The minimum Gasteiger partial charge on any atom is -0.484 e. The van der Waals surface area contributed by atoms with E-state index in [1.54, 1.807) is 18.3 Å². The zero-order valence-electron chi connectivity index (χ0n) is 10.7. The second kappa shape index (κ2) is 7.03. The van der Waals surface area contributed by atoms with Crippen molar-refractivity contribution in [2.75, 3.05) is 11.9 Å². The Labute approximate surface area is 139 Å². The molecule has 0 atom stereocenters. The fraction of sp³-hybridized carbons (Fsp3) is 0.143. The van der Waals surface area contributed by atoms with E-state index in [1.165, 1.54) is 0 Å². The van der Waals surface area contributed by atoms with E-state index in [1.807, 2.05) is 25.1 Å². The van der Waals surface area contributed by atoms with Crippen molar-refractivity contribution in [3.63, 3.8) is 0 Å². The topological polar surface area (TPSA) is 51.2 Å². The lowest BCUT2D eigenvalue weighted by Crippen LogP contribution is -2.21. The zero-order valence-corrected chi connectivity index (χ0v) is 14.4. The van der Waals surface area contributed by atoms with Crippen molar-refractivity contribution in [2.45, 2.75) is 6.92 Å². The number of hydrogen-bond donors (Lipinski definition) is 1. The lowest BCUT2D eigenvalue weighted by molar-refractivity contribution is -0.118. The third-order valence-corrected chi connectivity index (χ3v) is 3.60. The summed E-state index contributed by atoms with van der Waals surface area (Å²) in [6.45, 7) is 1.86. The van der Waals surface area contributed by atoms with Crippen LogP contribution in [0, 0.1) is 10.5 Å². The van der Waals surface area contributed by atoms with Gasteiger partial charge in [0.25, 0.3) is 5.91 Å². The molecule has 0 aliphatic rings. The zero-order chi connectivity index (χ0) is 14.5. The van der Waals surface area contributed by atoms with E-state index in [9.17, 15) is 4.79 Å². The maximum Gasteiger partial charge on any atom is 0.263 e. The minimum atomic E-state index is -0.232. The first-order valence-corrected chi connectivity index (χ1v) is 7.72. The van der Waals surface area contributed by atoms with E-state index in [0.717, 1.165) is 13.6 Å². The van der Waals surface area contributed by atoms with Crippen LogP contribution in [-0.2, 0) is 4.79 Å². The van der Waals surface area contributed by atoms with Crippen molar-refractivity contribution in [1.82, 2.24) is 4.98 Å². The Morgan fingerprint density at radius 2 is 2.10 bits per heavy atom. The number of carbonyl (C=O) groups excluding carboxylic acids is 1. The van der Waals surface area contributed by atoms with Gasteiger partial charge in [-0.1, -0.05) is 15.9 Å². The predicted octanol–water partition coefficient (Wildman–Crippen LogP) is 3.77. The Kier molecular flexibility index (Phi) is 5.36. The van der Waals surface area contributed by atoms with Gasteiger partial charge in [0, 0.05) is 14.2 Å². The molecule has 4 nitrogen and oxygen atoms in total. The molecule has 104 valence electrons. The molecule has 1 amide bonds. The molecular weight excluding hydrogens is 435 g/mol. The molecule has 0 saturated carbocycles. The number of nitrogens with one attached hydrogen (secondary N) is 1. The summed E-state index contributed by atoms with van der Waals surface area (Å²) in [7, 11) is 0. The Bertz CT molecular complexity index is 617. The number of aromatic nitrogens is 1. The van der Waals surface area contributed by atoms with Gasteiger partial charge in [-0.3, -0.25) is 4.79 Å². The first-order valence-electron chi connectivity index (χ1n) is 5.85. The van der Waals surface area contributed by atoms with Crippen molar-refractivity contribution >= 4 is 50.2 Å². The molecule has 1 heterocycles. The van der Waals surface area contributed by atoms with Gasteiger partial charge in [0.15, 0.2) is 6.61 Å². The largest absolute Gasteiger partial charge is 0.484 e. The van der Waals surface area contributed by atoms with Crippen molar-refractivity contribution in [3.05, 3.63) is 50.1 Å². The molecule has 0 unspecified atom stereocenters. The Morgan fingerprint density at radius 1 is 1.40 bits per heavy atom. The molecule has 0 radical (unpaired) electrons. The SMILES string of the molecule is Cc1cc(I)cnc1NC(=O)COc1ccc(Br)cc1. The molecule has 6 heteroatoms. The summed E-state index contributed by atoms with van der Waals surface area (Å²) < 4.78 is 7.39. The van der Waals surface area contributed by atoms with E-state index in [2.05, 4.69) is 48.8 Å². The molecule has 1 aromatic carbocycles. The maximum absolute atomic E-state index is 11.8. The van der Waals surface area contributed by atoms with Gasteiger partial charge in [0.2, 0.25) is 0 Å². The van der Waals surface area contributed by atoms with Gasteiger partial charge in [0.05, 0.1) is 0 Å². The van der Waals surface area contributed by atoms with E-state index in [-0.39, 0.29) is 12.5 Å². The van der Waals surface area contributed by atoms with Crippen LogP contribution < -0.4 is 10.1 Å². The standard InChI is InChI=1S/C14H12BrIN2O2/c1-9-6-11(16)7-17-14(9)18-13(19)8-20-12-4-2-10(15)3-5-12/h2-7H,8H2,1H3,(H,17,18,19). The van der Waals surface area contributed by atoms with E-state index >= 15 is 0 Å². The molecule has 2 aromatic rings. The summed E-state index contributed by atoms with van der Waals surface area (Å²) in [6, 6.07) is 9.27. The van der Waals surface area contributed by atoms with Crippen LogP contribution in [-0.4, -0.2) is 17.5 Å². The monoisotopic (exact) mass is 446 g/mol. The third kappa shape index (κ3) is 4.45. The Balaban J connectivity index is 1.90. The lowest BCUT2D eigenvalue weighted by atomic mass is 10.3. The van der Waals surface area contributed by atoms with Crippen LogP contribution >= 0.6 is 38.5 Å². The van der Waals surface area contributed by atoms with E-state index in [0.29, 0.717) is 11.6 Å².